The van der Waals surface area contributed by atoms with Gasteiger partial charge in [0.25, 0.3) is 0 Å². The van der Waals surface area contributed by atoms with Crippen molar-refractivity contribution in [1.82, 2.24) is 4.98 Å². The molecule has 0 atom stereocenters. The largest absolute Gasteiger partial charge is 0.481 e. The number of halogens is 2. The Kier molecular flexibility index (Phi) is 2.25. The second-order valence-corrected chi connectivity index (χ2v) is 3.22. The molecule has 4 heteroatoms. The summed E-state index contributed by atoms with van der Waals surface area (Å²) in [4.78, 5) is 4.07. The Hall–Kier alpha value is -1.35. The quantitative estimate of drug-likeness (QED) is 0.723. The van der Waals surface area contributed by atoms with Crippen molar-refractivity contribution >= 4 is 22.5 Å². The van der Waals surface area contributed by atoms with Gasteiger partial charge in [-0.05, 0) is 12.1 Å². The van der Waals surface area contributed by atoms with Crippen LogP contribution < -0.4 is 4.74 Å². The van der Waals surface area contributed by atoms with Gasteiger partial charge < -0.3 is 4.74 Å². The number of hydrogen-bond acceptors (Lipinski definition) is 2. The molecule has 1 aromatic carbocycles. The van der Waals surface area contributed by atoms with Crippen LogP contribution in [0, 0.1) is 5.82 Å². The van der Waals surface area contributed by atoms with Crippen molar-refractivity contribution in [3.8, 4) is 5.88 Å². The van der Waals surface area contributed by atoms with Gasteiger partial charge in [0.2, 0.25) is 5.88 Å². The van der Waals surface area contributed by atoms with Gasteiger partial charge in [0.15, 0.2) is 0 Å². The van der Waals surface area contributed by atoms with Gasteiger partial charge in [0, 0.05) is 17.5 Å². The van der Waals surface area contributed by atoms with Crippen molar-refractivity contribution in [3.63, 3.8) is 0 Å². The first-order valence-electron chi connectivity index (χ1n) is 4.00. The van der Waals surface area contributed by atoms with Crippen LogP contribution in [0.3, 0.4) is 0 Å². The summed E-state index contributed by atoms with van der Waals surface area (Å²) in [5, 5.41) is 1.22. The van der Waals surface area contributed by atoms with Crippen molar-refractivity contribution in [2.75, 3.05) is 7.11 Å². The fourth-order valence-corrected chi connectivity index (χ4v) is 1.49. The van der Waals surface area contributed by atoms with Gasteiger partial charge in [-0.3, -0.25) is 0 Å². The van der Waals surface area contributed by atoms with Crippen LogP contribution in [-0.4, -0.2) is 12.1 Å². The summed E-state index contributed by atoms with van der Waals surface area (Å²) >= 11 is 5.95. The van der Waals surface area contributed by atoms with E-state index in [1.807, 2.05) is 0 Å². The monoisotopic (exact) mass is 211 g/mol. The normalized spacial score (nSPS) is 10.5. The van der Waals surface area contributed by atoms with E-state index in [1.54, 1.807) is 12.1 Å². The molecule has 0 saturated heterocycles. The maximum atomic E-state index is 12.9. The summed E-state index contributed by atoms with van der Waals surface area (Å²) in [6, 6.07) is 5.87. The first-order valence-corrected chi connectivity index (χ1v) is 4.38. The Bertz CT molecular complexity index is 487. The SMILES string of the molecule is COc1cc(Cl)c2ccc(F)cc2n1. The Morgan fingerprint density at radius 3 is 2.86 bits per heavy atom. The molecule has 0 N–H and O–H groups in total. The number of rotatable bonds is 1. The number of aromatic nitrogens is 1. The highest BCUT2D eigenvalue weighted by Crippen LogP contribution is 2.26. The van der Waals surface area contributed by atoms with Gasteiger partial charge in [-0.25, -0.2) is 9.37 Å². The summed E-state index contributed by atoms with van der Waals surface area (Å²) in [6.07, 6.45) is 0. The van der Waals surface area contributed by atoms with Crippen LogP contribution in [0.25, 0.3) is 10.9 Å². The highest BCUT2D eigenvalue weighted by atomic mass is 35.5. The van der Waals surface area contributed by atoms with Crippen molar-refractivity contribution < 1.29 is 9.13 Å². The number of benzene rings is 1. The Morgan fingerprint density at radius 2 is 2.14 bits per heavy atom. The minimum absolute atomic E-state index is 0.339. The molecular weight excluding hydrogens is 205 g/mol. The third-order valence-electron chi connectivity index (χ3n) is 1.91. The van der Waals surface area contributed by atoms with Crippen LogP contribution in [0.5, 0.6) is 5.88 Å². The van der Waals surface area contributed by atoms with E-state index >= 15 is 0 Å². The van der Waals surface area contributed by atoms with Crippen molar-refractivity contribution in [2.24, 2.45) is 0 Å². The smallest absolute Gasteiger partial charge is 0.215 e. The van der Waals surface area contributed by atoms with Crippen LogP contribution >= 0.6 is 11.6 Å². The van der Waals surface area contributed by atoms with E-state index in [1.165, 1.54) is 19.2 Å². The van der Waals surface area contributed by atoms with Crippen LogP contribution in [0.15, 0.2) is 24.3 Å². The van der Waals surface area contributed by atoms with Gasteiger partial charge in [-0.1, -0.05) is 11.6 Å². The van der Waals surface area contributed by atoms with Gasteiger partial charge in [0.05, 0.1) is 17.6 Å². The van der Waals surface area contributed by atoms with E-state index in [4.69, 9.17) is 16.3 Å². The van der Waals surface area contributed by atoms with Crippen LogP contribution in [0.2, 0.25) is 5.02 Å². The molecule has 0 amide bonds. The van der Waals surface area contributed by atoms with Crippen LogP contribution in [-0.2, 0) is 0 Å². The number of hydrogen-bond donors (Lipinski definition) is 0. The minimum atomic E-state index is -0.339. The topological polar surface area (TPSA) is 22.1 Å². The van der Waals surface area contributed by atoms with E-state index in [0.29, 0.717) is 21.8 Å². The second kappa shape index (κ2) is 3.42. The lowest BCUT2D eigenvalue weighted by atomic mass is 10.2. The number of fused-ring (bicyclic) bond motifs is 1. The van der Waals surface area contributed by atoms with Crippen molar-refractivity contribution in [2.45, 2.75) is 0 Å². The Morgan fingerprint density at radius 1 is 1.36 bits per heavy atom. The lowest BCUT2D eigenvalue weighted by molar-refractivity contribution is 0.399. The zero-order chi connectivity index (χ0) is 10.1. The minimum Gasteiger partial charge on any atom is -0.481 e. The molecule has 1 heterocycles. The molecule has 0 spiro atoms. The van der Waals surface area contributed by atoms with E-state index in [9.17, 15) is 4.39 Å². The van der Waals surface area contributed by atoms with Crippen molar-refractivity contribution in [3.05, 3.63) is 35.1 Å². The molecule has 2 aromatic rings. The summed E-state index contributed by atoms with van der Waals surface area (Å²) < 4.78 is 17.8. The Balaban J connectivity index is 2.77. The van der Waals surface area contributed by atoms with Crippen LogP contribution in [0.4, 0.5) is 4.39 Å². The molecule has 0 aliphatic heterocycles. The van der Waals surface area contributed by atoms with Gasteiger partial charge in [-0.15, -0.1) is 0 Å². The molecule has 0 saturated carbocycles. The summed E-state index contributed by atoms with van der Waals surface area (Å²) in [7, 11) is 1.49. The molecule has 2 nitrogen and oxygen atoms in total. The zero-order valence-electron chi connectivity index (χ0n) is 7.42. The van der Waals surface area contributed by atoms with E-state index < -0.39 is 0 Å². The number of ether oxygens (including phenoxy) is 1. The first-order chi connectivity index (χ1) is 6.70. The molecule has 0 aliphatic carbocycles. The van der Waals surface area contributed by atoms with Crippen molar-refractivity contribution in [1.29, 1.82) is 0 Å². The third-order valence-corrected chi connectivity index (χ3v) is 2.22. The average Bonchev–Trinajstić information content (AvgIpc) is 2.16. The molecule has 72 valence electrons. The molecular formula is C10H7ClFNO. The third kappa shape index (κ3) is 1.51. The molecule has 14 heavy (non-hydrogen) atoms. The van der Waals surface area contributed by atoms with Gasteiger partial charge in [-0.2, -0.15) is 0 Å². The highest BCUT2D eigenvalue weighted by Gasteiger charge is 2.04. The number of methoxy groups -OCH3 is 1. The molecule has 0 bridgehead atoms. The first kappa shape index (κ1) is 9.21. The van der Waals surface area contributed by atoms with Gasteiger partial charge >= 0.3 is 0 Å². The summed E-state index contributed by atoms with van der Waals surface area (Å²) in [5.74, 6) is 0.0439. The molecule has 0 unspecified atom stereocenters. The van der Waals surface area contributed by atoms with E-state index in [2.05, 4.69) is 4.98 Å². The van der Waals surface area contributed by atoms with E-state index in [-0.39, 0.29) is 5.82 Å². The predicted octanol–water partition coefficient (Wildman–Crippen LogP) is 3.04. The van der Waals surface area contributed by atoms with Gasteiger partial charge in [0.1, 0.15) is 5.82 Å². The maximum Gasteiger partial charge on any atom is 0.215 e. The predicted molar refractivity (Wildman–Crippen MR) is 53.3 cm³/mol. The zero-order valence-corrected chi connectivity index (χ0v) is 8.18. The maximum absolute atomic E-state index is 12.9. The fourth-order valence-electron chi connectivity index (χ4n) is 1.24. The molecule has 1 aromatic heterocycles. The second-order valence-electron chi connectivity index (χ2n) is 2.81. The fraction of sp³-hybridized carbons (Fsp3) is 0.100. The lowest BCUT2D eigenvalue weighted by Crippen LogP contribution is -1.89. The average molecular weight is 212 g/mol. The van der Waals surface area contributed by atoms with E-state index in [0.717, 1.165) is 0 Å². The highest BCUT2D eigenvalue weighted by molar-refractivity contribution is 6.35. The standard InChI is InChI=1S/C10H7ClFNO/c1-14-10-5-8(11)7-3-2-6(12)4-9(7)13-10/h2-5H,1H3. The lowest BCUT2D eigenvalue weighted by Gasteiger charge is -2.03. The number of pyridine rings is 1. The Labute approximate surface area is 85.3 Å². The summed E-state index contributed by atoms with van der Waals surface area (Å²) in [5.41, 5.74) is 0.495. The van der Waals surface area contributed by atoms with Crippen LogP contribution in [0.1, 0.15) is 0 Å². The molecule has 2 rings (SSSR count). The number of nitrogens with zero attached hydrogens (tertiary/aromatic N) is 1. The molecule has 0 radical (unpaired) electrons. The molecule has 0 aliphatic rings. The molecule has 0 fully saturated rings. The summed E-state index contributed by atoms with van der Waals surface area (Å²) in [6.45, 7) is 0.